The summed E-state index contributed by atoms with van der Waals surface area (Å²) in [5.41, 5.74) is 4.08. The van der Waals surface area contributed by atoms with Gasteiger partial charge in [-0.1, -0.05) is 82.3 Å². The molecule has 20 heavy (non-hydrogen) atoms. The van der Waals surface area contributed by atoms with Crippen LogP contribution in [0.2, 0.25) is 0 Å². The van der Waals surface area contributed by atoms with E-state index in [1.807, 2.05) is 0 Å². The highest BCUT2D eigenvalue weighted by atomic mass is 14.2. The van der Waals surface area contributed by atoms with Crippen LogP contribution in [0.5, 0.6) is 0 Å². The molecule has 0 aliphatic heterocycles. The molecule has 0 fully saturated rings. The summed E-state index contributed by atoms with van der Waals surface area (Å²) in [4.78, 5) is 0. The van der Waals surface area contributed by atoms with E-state index in [1.165, 1.54) is 23.1 Å². The lowest BCUT2D eigenvalue weighted by molar-refractivity contribution is 0.408. The molecule has 0 amide bonds. The largest absolute Gasteiger partial charge is 0.0628 e. The lowest BCUT2D eigenvalue weighted by atomic mass is 9.82. The van der Waals surface area contributed by atoms with Gasteiger partial charge in [-0.05, 0) is 40.9 Å². The van der Waals surface area contributed by atoms with Crippen molar-refractivity contribution >= 4 is 0 Å². The second kappa shape index (κ2) is 6.74. The molecule has 106 valence electrons. The van der Waals surface area contributed by atoms with E-state index in [0.29, 0.717) is 11.8 Å². The average molecular weight is 266 g/mol. The summed E-state index contributed by atoms with van der Waals surface area (Å²) in [5.74, 6) is 2.11. The molecule has 0 N–H and O–H groups in total. The molecular weight excluding hydrogens is 240 g/mol. The summed E-state index contributed by atoms with van der Waals surface area (Å²) in [7, 11) is 0. The minimum Gasteiger partial charge on any atom is -0.0628 e. The lowest BCUT2D eigenvalue weighted by Gasteiger charge is -2.23. The molecule has 0 nitrogen and oxygen atoms in total. The van der Waals surface area contributed by atoms with E-state index in [9.17, 15) is 0 Å². The van der Waals surface area contributed by atoms with Crippen LogP contribution >= 0.6 is 0 Å². The van der Waals surface area contributed by atoms with Gasteiger partial charge in [0.15, 0.2) is 0 Å². The first-order chi connectivity index (χ1) is 9.58. The van der Waals surface area contributed by atoms with Gasteiger partial charge in [0, 0.05) is 0 Å². The smallest absolute Gasteiger partial charge is 0.0136 e. The number of hydrogen-bond donors (Lipinski definition) is 0. The molecule has 0 saturated heterocycles. The molecule has 0 radical (unpaired) electrons. The van der Waals surface area contributed by atoms with Crippen LogP contribution in [0.1, 0.15) is 45.6 Å². The molecule has 0 bridgehead atoms. The van der Waals surface area contributed by atoms with Crippen LogP contribution in [0.3, 0.4) is 0 Å². The molecule has 0 saturated carbocycles. The van der Waals surface area contributed by atoms with Crippen molar-refractivity contribution in [3.05, 3.63) is 60.2 Å². The van der Waals surface area contributed by atoms with Crippen LogP contribution in [0.4, 0.5) is 0 Å². The van der Waals surface area contributed by atoms with Crippen LogP contribution in [-0.4, -0.2) is 0 Å². The van der Waals surface area contributed by atoms with Crippen LogP contribution in [0.25, 0.3) is 11.1 Å². The van der Waals surface area contributed by atoms with Crippen LogP contribution in [0.15, 0.2) is 54.6 Å². The highest BCUT2D eigenvalue weighted by Crippen LogP contribution is 2.32. The van der Waals surface area contributed by atoms with Crippen molar-refractivity contribution in [1.29, 1.82) is 0 Å². The summed E-state index contributed by atoms with van der Waals surface area (Å²) in [6, 6.07) is 19.8. The monoisotopic (exact) mass is 266 g/mol. The van der Waals surface area contributed by atoms with Crippen LogP contribution in [-0.2, 0) is 0 Å². The van der Waals surface area contributed by atoms with Gasteiger partial charge in [0.1, 0.15) is 0 Å². The van der Waals surface area contributed by atoms with E-state index in [2.05, 4.69) is 82.3 Å². The molecule has 0 aromatic heterocycles. The Morgan fingerprint density at radius 1 is 0.700 bits per heavy atom. The standard InChI is InChI=1S/C20H26/c1-15(2)14-20(16(3)4)19-12-10-18(11-13-19)17-8-6-5-7-9-17/h5-13,15-16,20H,14H2,1-4H3/t20-/m1/s1. The van der Waals surface area contributed by atoms with Gasteiger partial charge in [0.2, 0.25) is 0 Å². The first-order valence-corrected chi connectivity index (χ1v) is 7.73. The van der Waals surface area contributed by atoms with E-state index in [-0.39, 0.29) is 0 Å². The quantitative estimate of drug-likeness (QED) is 0.609. The maximum atomic E-state index is 2.33. The molecule has 2 aromatic carbocycles. The fourth-order valence-electron chi connectivity index (χ4n) is 2.85. The van der Waals surface area contributed by atoms with E-state index in [1.54, 1.807) is 0 Å². The van der Waals surface area contributed by atoms with E-state index < -0.39 is 0 Å². The van der Waals surface area contributed by atoms with Crippen LogP contribution < -0.4 is 0 Å². The maximum absolute atomic E-state index is 2.33. The minimum absolute atomic E-state index is 0.667. The van der Waals surface area contributed by atoms with Crippen molar-refractivity contribution in [2.45, 2.75) is 40.0 Å². The molecule has 0 aliphatic carbocycles. The van der Waals surface area contributed by atoms with E-state index in [0.717, 1.165) is 5.92 Å². The second-order valence-electron chi connectivity index (χ2n) is 6.47. The van der Waals surface area contributed by atoms with Crippen molar-refractivity contribution in [1.82, 2.24) is 0 Å². The third-order valence-electron chi connectivity index (χ3n) is 3.98. The van der Waals surface area contributed by atoms with Gasteiger partial charge in [-0.2, -0.15) is 0 Å². The maximum Gasteiger partial charge on any atom is -0.0136 e. The van der Waals surface area contributed by atoms with Crippen molar-refractivity contribution in [3.8, 4) is 11.1 Å². The van der Waals surface area contributed by atoms with Gasteiger partial charge in [-0.15, -0.1) is 0 Å². The van der Waals surface area contributed by atoms with Gasteiger partial charge in [-0.25, -0.2) is 0 Å². The predicted octanol–water partition coefficient (Wildman–Crippen LogP) is 6.14. The fraction of sp³-hybridized carbons (Fsp3) is 0.400. The lowest BCUT2D eigenvalue weighted by Crippen LogP contribution is -2.09. The SMILES string of the molecule is CC(C)C[C@@H](c1ccc(-c2ccccc2)cc1)C(C)C. The van der Waals surface area contributed by atoms with Gasteiger partial charge >= 0.3 is 0 Å². The summed E-state index contributed by atoms with van der Waals surface area (Å²) < 4.78 is 0. The molecular formula is C20H26. The van der Waals surface area contributed by atoms with E-state index >= 15 is 0 Å². The predicted molar refractivity (Wildman–Crippen MR) is 88.9 cm³/mol. The third kappa shape index (κ3) is 3.72. The minimum atomic E-state index is 0.667. The molecule has 0 unspecified atom stereocenters. The molecule has 2 rings (SSSR count). The molecule has 0 heterocycles. The van der Waals surface area contributed by atoms with Crippen LogP contribution in [0, 0.1) is 11.8 Å². The molecule has 1 atom stereocenters. The Bertz CT molecular complexity index is 505. The molecule has 0 spiro atoms. The first kappa shape index (κ1) is 14.8. The fourth-order valence-corrected chi connectivity index (χ4v) is 2.85. The Balaban J connectivity index is 2.22. The molecule has 0 heteroatoms. The first-order valence-electron chi connectivity index (χ1n) is 7.73. The van der Waals surface area contributed by atoms with E-state index in [4.69, 9.17) is 0 Å². The molecule has 0 aliphatic rings. The van der Waals surface area contributed by atoms with Gasteiger partial charge < -0.3 is 0 Å². The Labute approximate surface area is 123 Å². The normalized spacial score (nSPS) is 12.9. The summed E-state index contributed by atoms with van der Waals surface area (Å²) in [5, 5.41) is 0. The van der Waals surface area contributed by atoms with Gasteiger partial charge in [0.25, 0.3) is 0 Å². The zero-order valence-corrected chi connectivity index (χ0v) is 13.1. The number of rotatable bonds is 5. The molecule has 2 aromatic rings. The van der Waals surface area contributed by atoms with Crippen molar-refractivity contribution in [2.24, 2.45) is 11.8 Å². The van der Waals surface area contributed by atoms with Gasteiger partial charge in [-0.3, -0.25) is 0 Å². The number of benzene rings is 2. The van der Waals surface area contributed by atoms with Crippen molar-refractivity contribution in [3.63, 3.8) is 0 Å². The Hall–Kier alpha value is -1.56. The summed E-state index contributed by atoms with van der Waals surface area (Å²) in [6.45, 7) is 9.29. The summed E-state index contributed by atoms with van der Waals surface area (Å²) >= 11 is 0. The topological polar surface area (TPSA) is 0 Å². The van der Waals surface area contributed by atoms with Crippen molar-refractivity contribution < 1.29 is 0 Å². The Morgan fingerprint density at radius 3 is 1.75 bits per heavy atom. The Morgan fingerprint density at radius 2 is 1.25 bits per heavy atom. The number of hydrogen-bond acceptors (Lipinski definition) is 0. The second-order valence-corrected chi connectivity index (χ2v) is 6.47. The highest BCUT2D eigenvalue weighted by molar-refractivity contribution is 5.63. The zero-order chi connectivity index (χ0) is 14.5. The summed E-state index contributed by atoms with van der Waals surface area (Å²) in [6.07, 6.45) is 1.27. The third-order valence-corrected chi connectivity index (χ3v) is 3.98. The van der Waals surface area contributed by atoms with Crippen molar-refractivity contribution in [2.75, 3.05) is 0 Å². The Kier molecular flexibility index (Phi) is 5.00. The van der Waals surface area contributed by atoms with Gasteiger partial charge in [0.05, 0.1) is 0 Å². The zero-order valence-electron chi connectivity index (χ0n) is 13.1. The highest BCUT2D eigenvalue weighted by Gasteiger charge is 2.17. The average Bonchev–Trinajstić information content (AvgIpc) is 2.45.